The molecule has 2 N–H and O–H groups in total. The molecule has 0 spiro atoms. The maximum Gasteiger partial charge on any atom is 0.416 e. The van der Waals surface area contributed by atoms with E-state index in [1.54, 1.807) is 0 Å². The van der Waals surface area contributed by atoms with Crippen molar-refractivity contribution in [1.29, 1.82) is 0 Å². The Morgan fingerprint density at radius 1 is 1.12 bits per heavy atom. The van der Waals surface area contributed by atoms with Crippen molar-refractivity contribution in [2.45, 2.75) is 18.0 Å². The minimum absolute atomic E-state index is 0.0689. The number of hydrogen-bond donors (Lipinski definition) is 1. The molecule has 1 heterocycles. The predicted molar refractivity (Wildman–Crippen MR) is 90.3 cm³/mol. The molecule has 0 radical (unpaired) electrons. The fourth-order valence-electron chi connectivity index (χ4n) is 2.38. The molecular formula is C18H14F3NO3S. The highest BCUT2D eigenvalue weighted by molar-refractivity contribution is 7.94. The Morgan fingerprint density at radius 3 is 2.54 bits per heavy atom. The third kappa shape index (κ3) is 3.96. The van der Waals surface area contributed by atoms with E-state index in [1.807, 2.05) is 30.3 Å². The summed E-state index contributed by atoms with van der Waals surface area (Å²) in [6.07, 6.45) is -5.76. The molecule has 1 unspecified atom stereocenters. The monoisotopic (exact) mass is 381 g/mol. The molecule has 2 aromatic carbocycles. The van der Waals surface area contributed by atoms with Crippen LogP contribution in [0.1, 0.15) is 22.8 Å². The topological polar surface area (TPSA) is 61.5 Å². The summed E-state index contributed by atoms with van der Waals surface area (Å²) in [6, 6.07) is 13.8. The Hall–Kier alpha value is -2.61. The first-order valence-corrected chi connectivity index (χ1v) is 8.48. The molecule has 4 nitrogen and oxygen atoms in total. The Morgan fingerprint density at radius 2 is 1.85 bits per heavy atom. The number of nitrogens with two attached hydrogens (primary N) is 1. The van der Waals surface area contributed by atoms with Gasteiger partial charge >= 0.3 is 6.18 Å². The molecule has 136 valence electrons. The number of alkyl halides is 3. The van der Waals surface area contributed by atoms with Gasteiger partial charge in [0, 0.05) is 5.56 Å². The van der Waals surface area contributed by atoms with Gasteiger partial charge in [0.1, 0.15) is 0 Å². The van der Waals surface area contributed by atoms with Gasteiger partial charge in [-0.05, 0) is 17.7 Å². The lowest BCUT2D eigenvalue weighted by Crippen LogP contribution is -2.12. The van der Waals surface area contributed by atoms with Crippen molar-refractivity contribution in [3.05, 3.63) is 82.9 Å². The summed E-state index contributed by atoms with van der Waals surface area (Å²) in [5, 5.41) is 0. The predicted octanol–water partition coefficient (Wildman–Crippen LogP) is 4.34. The van der Waals surface area contributed by atoms with Gasteiger partial charge in [0.05, 0.1) is 23.4 Å². The number of benzene rings is 2. The van der Waals surface area contributed by atoms with E-state index in [2.05, 4.69) is 0 Å². The van der Waals surface area contributed by atoms with Crippen LogP contribution < -0.4 is 5.73 Å². The van der Waals surface area contributed by atoms with Gasteiger partial charge in [-0.3, -0.25) is 4.79 Å². The molecule has 2 aromatic rings. The summed E-state index contributed by atoms with van der Waals surface area (Å²) in [7, 11) is 0. The number of ketones is 1. The molecular weight excluding hydrogens is 367 g/mol. The van der Waals surface area contributed by atoms with Gasteiger partial charge in [0.25, 0.3) is 0 Å². The number of rotatable bonds is 5. The SMILES string of the molecule is NC1=C(OSCc2ccccc2)C(=O)C(c2cccc(C(F)(F)F)c2)O1. The third-order valence-electron chi connectivity index (χ3n) is 3.66. The number of Topliss-reactive ketones (excluding diaryl/α,β-unsaturated/α-hetero) is 1. The van der Waals surface area contributed by atoms with Crippen molar-refractivity contribution < 1.29 is 26.9 Å². The number of ether oxygens (including phenoxy) is 1. The van der Waals surface area contributed by atoms with Crippen molar-refractivity contribution in [3.63, 3.8) is 0 Å². The first-order chi connectivity index (χ1) is 12.4. The minimum atomic E-state index is -4.51. The fraction of sp³-hybridized carbons (Fsp3) is 0.167. The molecule has 1 aliphatic heterocycles. The van der Waals surface area contributed by atoms with Gasteiger partial charge in [-0.25, -0.2) is 0 Å². The molecule has 1 atom stereocenters. The summed E-state index contributed by atoms with van der Waals surface area (Å²) in [6.45, 7) is 0. The number of carbonyl (C=O) groups excluding carboxylic acids is 1. The van der Waals surface area contributed by atoms with Crippen LogP contribution in [0.5, 0.6) is 0 Å². The van der Waals surface area contributed by atoms with Gasteiger partial charge in [-0.2, -0.15) is 13.2 Å². The Labute approximate surface area is 152 Å². The average Bonchev–Trinajstić information content (AvgIpc) is 2.90. The highest BCUT2D eigenvalue weighted by Gasteiger charge is 2.39. The summed E-state index contributed by atoms with van der Waals surface area (Å²) >= 11 is 0.997. The lowest BCUT2D eigenvalue weighted by molar-refractivity contribution is -0.137. The lowest BCUT2D eigenvalue weighted by atomic mass is 10.0. The Balaban J connectivity index is 1.68. The van der Waals surface area contributed by atoms with Crippen LogP contribution in [0.3, 0.4) is 0 Å². The maximum atomic E-state index is 12.8. The van der Waals surface area contributed by atoms with E-state index in [1.165, 1.54) is 12.1 Å². The van der Waals surface area contributed by atoms with E-state index in [0.717, 1.165) is 29.7 Å². The zero-order valence-electron chi connectivity index (χ0n) is 13.3. The van der Waals surface area contributed by atoms with Gasteiger partial charge in [-0.15, -0.1) is 0 Å². The van der Waals surface area contributed by atoms with Crippen LogP contribution in [0.15, 0.2) is 66.2 Å². The molecule has 0 aliphatic carbocycles. The van der Waals surface area contributed by atoms with Gasteiger partial charge in [0.2, 0.25) is 17.4 Å². The lowest BCUT2D eigenvalue weighted by Gasteiger charge is -2.13. The van der Waals surface area contributed by atoms with Crippen molar-refractivity contribution >= 4 is 17.8 Å². The van der Waals surface area contributed by atoms with E-state index in [4.69, 9.17) is 14.7 Å². The van der Waals surface area contributed by atoms with E-state index >= 15 is 0 Å². The van der Waals surface area contributed by atoms with Gasteiger partial charge < -0.3 is 14.7 Å². The van der Waals surface area contributed by atoms with Crippen LogP contribution >= 0.6 is 12.0 Å². The van der Waals surface area contributed by atoms with Crippen LogP contribution in [0.25, 0.3) is 0 Å². The van der Waals surface area contributed by atoms with Gasteiger partial charge in [-0.1, -0.05) is 42.5 Å². The average molecular weight is 381 g/mol. The van der Waals surface area contributed by atoms with E-state index in [-0.39, 0.29) is 17.2 Å². The summed E-state index contributed by atoms with van der Waals surface area (Å²) in [4.78, 5) is 12.4. The minimum Gasteiger partial charge on any atom is -0.460 e. The van der Waals surface area contributed by atoms with E-state index in [9.17, 15) is 18.0 Å². The zero-order valence-corrected chi connectivity index (χ0v) is 14.1. The van der Waals surface area contributed by atoms with Crippen molar-refractivity contribution in [3.8, 4) is 0 Å². The van der Waals surface area contributed by atoms with Crippen molar-refractivity contribution in [2.75, 3.05) is 0 Å². The highest BCUT2D eigenvalue weighted by atomic mass is 32.2. The first-order valence-electron chi connectivity index (χ1n) is 7.57. The second kappa shape index (κ2) is 7.33. The van der Waals surface area contributed by atoms with E-state index in [0.29, 0.717) is 5.75 Å². The smallest absolute Gasteiger partial charge is 0.416 e. The van der Waals surface area contributed by atoms with Gasteiger partial charge in [0.15, 0.2) is 6.10 Å². The summed E-state index contributed by atoms with van der Waals surface area (Å²) in [5.41, 5.74) is 5.87. The van der Waals surface area contributed by atoms with Crippen molar-refractivity contribution in [2.24, 2.45) is 5.73 Å². The summed E-state index contributed by atoms with van der Waals surface area (Å²) < 4.78 is 49.1. The molecule has 0 aromatic heterocycles. The van der Waals surface area contributed by atoms with Crippen LogP contribution in [0, 0.1) is 0 Å². The van der Waals surface area contributed by atoms with Crippen LogP contribution in [-0.2, 0) is 25.6 Å². The first kappa shape index (κ1) is 18.2. The molecule has 26 heavy (non-hydrogen) atoms. The van der Waals surface area contributed by atoms with Crippen LogP contribution in [0.2, 0.25) is 0 Å². The molecule has 0 bridgehead atoms. The van der Waals surface area contributed by atoms with Crippen LogP contribution in [0.4, 0.5) is 13.2 Å². The summed E-state index contributed by atoms with van der Waals surface area (Å²) in [5.74, 6) is -0.562. The fourth-order valence-corrected chi connectivity index (χ4v) is 3.05. The second-order valence-corrected chi connectivity index (χ2v) is 6.20. The number of carbonyl (C=O) groups is 1. The molecule has 8 heteroatoms. The molecule has 1 aliphatic rings. The Kier molecular flexibility index (Phi) is 5.13. The van der Waals surface area contributed by atoms with E-state index < -0.39 is 23.6 Å². The zero-order chi connectivity index (χ0) is 18.7. The number of hydrogen-bond acceptors (Lipinski definition) is 5. The molecule has 0 saturated carbocycles. The van der Waals surface area contributed by atoms with Crippen LogP contribution in [-0.4, -0.2) is 5.78 Å². The second-order valence-electron chi connectivity index (χ2n) is 5.51. The normalized spacial score (nSPS) is 17.3. The highest BCUT2D eigenvalue weighted by Crippen LogP contribution is 2.36. The maximum absolute atomic E-state index is 12.8. The third-order valence-corrected chi connectivity index (χ3v) is 4.39. The number of halogens is 3. The standard InChI is InChI=1S/C18H14F3NO3S/c19-18(20,21)13-8-4-7-12(9-13)15-14(23)16(17(22)24-15)25-26-10-11-5-2-1-3-6-11/h1-9,15H,10,22H2. The van der Waals surface area contributed by atoms with Crippen molar-refractivity contribution in [1.82, 2.24) is 0 Å². The Bertz CT molecular complexity index is 837. The molecule has 3 rings (SSSR count). The molecule has 0 amide bonds. The molecule has 0 fully saturated rings. The molecule has 0 saturated heterocycles. The largest absolute Gasteiger partial charge is 0.460 e. The quantitative estimate of drug-likeness (QED) is 0.781.